The van der Waals surface area contributed by atoms with Gasteiger partial charge in [0.05, 0.1) is 0 Å². The van der Waals surface area contributed by atoms with Gasteiger partial charge in [0.15, 0.2) is 0 Å². The van der Waals surface area contributed by atoms with Gasteiger partial charge < -0.3 is 10.1 Å². The van der Waals surface area contributed by atoms with E-state index in [0.717, 1.165) is 11.1 Å². The van der Waals surface area contributed by atoms with E-state index in [4.69, 9.17) is 4.74 Å². The minimum absolute atomic E-state index is 0.362. The number of benzene rings is 2. The molecule has 1 atom stereocenters. The van der Waals surface area contributed by atoms with Crippen molar-refractivity contribution >= 4 is 11.9 Å². The standard InChI is InChI=1S/C18H18N2O3/c1-12-6-3-4-7-13(12)11-23-15-9-5-8-14(10-15)18(2)16(21)19-17(22)20-18/h3-10H,11H2,1-2H3,(H2,19,20,21,22)/t18-/m0/s1. The Kier molecular flexibility index (Phi) is 3.78. The highest BCUT2D eigenvalue weighted by molar-refractivity contribution is 6.07. The van der Waals surface area contributed by atoms with Crippen LogP contribution in [0.25, 0.3) is 0 Å². The Labute approximate surface area is 134 Å². The fourth-order valence-electron chi connectivity index (χ4n) is 2.58. The number of nitrogens with one attached hydrogen (secondary N) is 2. The number of hydrogen-bond donors (Lipinski definition) is 2. The van der Waals surface area contributed by atoms with E-state index in [-0.39, 0.29) is 5.91 Å². The molecule has 1 aliphatic heterocycles. The molecule has 0 radical (unpaired) electrons. The van der Waals surface area contributed by atoms with Crippen LogP contribution in [0.3, 0.4) is 0 Å². The van der Waals surface area contributed by atoms with Gasteiger partial charge in [0, 0.05) is 0 Å². The molecule has 0 saturated carbocycles. The van der Waals surface area contributed by atoms with E-state index in [2.05, 4.69) is 10.6 Å². The summed E-state index contributed by atoms with van der Waals surface area (Å²) in [6.07, 6.45) is 0. The third-order valence-corrected chi connectivity index (χ3v) is 4.11. The maximum Gasteiger partial charge on any atom is 0.322 e. The highest BCUT2D eigenvalue weighted by atomic mass is 16.5. The average molecular weight is 310 g/mol. The van der Waals surface area contributed by atoms with Crippen molar-refractivity contribution in [1.29, 1.82) is 0 Å². The molecule has 3 amide bonds. The van der Waals surface area contributed by atoms with Crippen molar-refractivity contribution < 1.29 is 14.3 Å². The number of hydrogen-bond acceptors (Lipinski definition) is 3. The molecule has 5 heteroatoms. The molecule has 2 N–H and O–H groups in total. The van der Waals surface area contributed by atoms with Gasteiger partial charge in [-0.1, -0.05) is 36.4 Å². The molecule has 1 fully saturated rings. The van der Waals surface area contributed by atoms with Crippen LogP contribution in [0, 0.1) is 6.92 Å². The Hall–Kier alpha value is -2.82. The van der Waals surface area contributed by atoms with Crippen LogP contribution in [0.1, 0.15) is 23.6 Å². The molecular weight excluding hydrogens is 292 g/mol. The third kappa shape index (κ3) is 2.90. The van der Waals surface area contributed by atoms with Crippen LogP contribution < -0.4 is 15.4 Å². The van der Waals surface area contributed by atoms with Crippen molar-refractivity contribution in [1.82, 2.24) is 10.6 Å². The summed E-state index contributed by atoms with van der Waals surface area (Å²) >= 11 is 0. The molecule has 0 aliphatic carbocycles. The second kappa shape index (κ2) is 5.76. The zero-order valence-electron chi connectivity index (χ0n) is 13.1. The fourth-order valence-corrected chi connectivity index (χ4v) is 2.58. The average Bonchev–Trinajstić information content (AvgIpc) is 2.80. The zero-order chi connectivity index (χ0) is 16.4. The van der Waals surface area contributed by atoms with Gasteiger partial charge in [-0.2, -0.15) is 0 Å². The lowest BCUT2D eigenvalue weighted by Gasteiger charge is -2.21. The molecule has 23 heavy (non-hydrogen) atoms. The molecule has 1 saturated heterocycles. The number of amides is 3. The molecular formula is C18H18N2O3. The van der Waals surface area contributed by atoms with Crippen molar-refractivity contribution in [3.8, 4) is 5.75 Å². The molecule has 5 nitrogen and oxygen atoms in total. The van der Waals surface area contributed by atoms with Crippen LogP contribution in [0.5, 0.6) is 5.75 Å². The highest BCUT2D eigenvalue weighted by Gasteiger charge is 2.43. The van der Waals surface area contributed by atoms with Gasteiger partial charge in [-0.3, -0.25) is 10.1 Å². The summed E-state index contributed by atoms with van der Waals surface area (Å²) < 4.78 is 5.84. The van der Waals surface area contributed by atoms with E-state index in [9.17, 15) is 9.59 Å². The summed E-state index contributed by atoms with van der Waals surface area (Å²) in [6.45, 7) is 4.16. The fraction of sp³-hybridized carbons (Fsp3) is 0.222. The van der Waals surface area contributed by atoms with Gasteiger partial charge in [-0.25, -0.2) is 4.79 Å². The number of carbonyl (C=O) groups is 2. The van der Waals surface area contributed by atoms with E-state index >= 15 is 0 Å². The largest absolute Gasteiger partial charge is 0.489 e. The van der Waals surface area contributed by atoms with Gasteiger partial charge in [0.2, 0.25) is 0 Å². The molecule has 0 unspecified atom stereocenters. The van der Waals surface area contributed by atoms with Gasteiger partial charge in [0.25, 0.3) is 5.91 Å². The normalized spacial score (nSPS) is 20.1. The molecule has 1 heterocycles. The summed E-state index contributed by atoms with van der Waals surface area (Å²) in [5, 5.41) is 4.91. The lowest BCUT2D eigenvalue weighted by atomic mass is 9.92. The third-order valence-electron chi connectivity index (χ3n) is 4.11. The lowest BCUT2D eigenvalue weighted by Crippen LogP contribution is -2.40. The van der Waals surface area contributed by atoms with Gasteiger partial charge >= 0.3 is 6.03 Å². The molecule has 3 rings (SSSR count). The Morgan fingerprint density at radius 2 is 1.87 bits per heavy atom. The van der Waals surface area contributed by atoms with Crippen LogP contribution in [-0.2, 0) is 16.9 Å². The first-order valence-electron chi connectivity index (χ1n) is 7.40. The summed E-state index contributed by atoms with van der Waals surface area (Å²) in [5.74, 6) is 0.291. The van der Waals surface area contributed by atoms with Crippen LogP contribution in [0.4, 0.5) is 4.79 Å². The molecule has 1 aliphatic rings. The van der Waals surface area contributed by atoms with Crippen molar-refractivity contribution in [2.75, 3.05) is 0 Å². The number of urea groups is 1. The lowest BCUT2D eigenvalue weighted by molar-refractivity contribution is -0.123. The predicted octanol–water partition coefficient (Wildman–Crippen LogP) is 2.63. The number of carbonyl (C=O) groups excluding carboxylic acids is 2. The number of ether oxygens (including phenoxy) is 1. The summed E-state index contributed by atoms with van der Waals surface area (Å²) in [6, 6.07) is 14.8. The minimum Gasteiger partial charge on any atom is -0.489 e. The maximum atomic E-state index is 12.0. The van der Waals surface area contributed by atoms with Gasteiger partial charge in [-0.05, 0) is 42.7 Å². The first-order chi connectivity index (χ1) is 11.0. The van der Waals surface area contributed by atoms with Crippen molar-refractivity contribution in [2.45, 2.75) is 26.0 Å². The quantitative estimate of drug-likeness (QED) is 0.853. The summed E-state index contributed by atoms with van der Waals surface area (Å²) in [5.41, 5.74) is 1.89. The van der Waals surface area contributed by atoms with Crippen molar-refractivity contribution in [3.63, 3.8) is 0 Å². The monoisotopic (exact) mass is 310 g/mol. The highest BCUT2D eigenvalue weighted by Crippen LogP contribution is 2.27. The van der Waals surface area contributed by atoms with Crippen LogP contribution in [0.2, 0.25) is 0 Å². The van der Waals surface area contributed by atoms with Gasteiger partial charge in [-0.15, -0.1) is 0 Å². The van der Waals surface area contributed by atoms with E-state index < -0.39 is 11.6 Å². The smallest absolute Gasteiger partial charge is 0.322 e. The molecule has 2 aromatic carbocycles. The topological polar surface area (TPSA) is 67.4 Å². The van der Waals surface area contributed by atoms with Gasteiger partial charge in [0.1, 0.15) is 17.9 Å². The Morgan fingerprint density at radius 3 is 2.57 bits per heavy atom. The Balaban J connectivity index is 1.79. The first-order valence-corrected chi connectivity index (χ1v) is 7.40. The van der Waals surface area contributed by atoms with Crippen LogP contribution in [0.15, 0.2) is 48.5 Å². The Bertz CT molecular complexity index is 772. The maximum absolute atomic E-state index is 12.0. The predicted molar refractivity (Wildman–Crippen MR) is 86.0 cm³/mol. The van der Waals surface area contributed by atoms with E-state index in [0.29, 0.717) is 17.9 Å². The van der Waals surface area contributed by atoms with E-state index in [1.54, 1.807) is 19.1 Å². The summed E-state index contributed by atoms with van der Waals surface area (Å²) in [4.78, 5) is 23.4. The van der Waals surface area contributed by atoms with Crippen LogP contribution in [-0.4, -0.2) is 11.9 Å². The van der Waals surface area contributed by atoms with Crippen LogP contribution >= 0.6 is 0 Å². The van der Waals surface area contributed by atoms with E-state index in [1.165, 1.54) is 0 Å². The second-order valence-electron chi connectivity index (χ2n) is 5.78. The minimum atomic E-state index is -1.07. The first kappa shape index (κ1) is 15.1. The SMILES string of the molecule is Cc1ccccc1COc1cccc([C@]2(C)NC(=O)NC2=O)c1. The zero-order valence-corrected chi connectivity index (χ0v) is 13.1. The van der Waals surface area contributed by atoms with E-state index in [1.807, 2.05) is 43.3 Å². The molecule has 0 aromatic heterocycles. The number of aryl methyl sites for hydroxylation is 1. The molecule has 118 valence electrons. The number of imide groups is 1. The van der Waals surface area contributed by atoms with Crippen molar-refractivity contribution in [3.05, 3.63) is 65.2 Å². The summed E-state index contributed by atoms with van der Waals surface area (Å²) in [7, 11) is 0. The Morgan fingerprint density at radius 1 is 1.09 bits per heavy atom. The van der Waals surface area contributed by atoms with Crippen molar-refractivity contribution in [2.24, 2.45) is 0 Å². The molecule has 2 aromatic rings. The number of rotatable bonds is 4. The molecule has 0 spiro atoms. The second-order valence-corrected chi connectivity index (χ2v) is 5.78. The molecule has 0 bridgehead atoms.